The van der Waals surface area contributed by atoms with Gasteiger partial charge in [-0.2, -0.15) is 8.42 Å². The third kappa shape index (κ3) is 9.03. The minimum atomic E-state index is -4.23. The normalized spacial score (nSPS) is 18.5. The van der Waals surface area contributed by atoms with Gasteiger partial charge in [0.15, 0.2) is 0 Å². The molecule has 0 aromatic rings. The van der Waals surface area contributed by atoms with Crippen LogP contribution in [0.1, 0.15) is 109 Å². The highest BCUT2D eigenvalue weighted by Gasteiger charge is 2.48. The molecule has 2 amide bonds. The zero-order valence-corrected chi connectivity index (χ0v) is 25.1. The van der Waals surface area contributed by atoms with Crippen LogP contribution in [0, 0.1) is 27.6 Å². The summed E-state index contributed by atoms with van der Waals surface area (Å²) >= 11 is 0. The van der Waals surface area contributed by atoms with Crippen LogP contribution in [0.3, 0.4) is 0 Å². The van der Waals surface area contributed by atoms with E-state index in [2.05, 4.69) is 58.7 Å². The molecule has 0 radical (unpaired) electrons. The first kappa shape index (κ1) is 31.9. The van der Waals surface area contributed by atoms with E-state index in [1.165, 1.54) is 0 Å². The van der Waals surface area contributed by atoms with Crippen molar-refractivity contribution in [2.45, 2.75) is 120 Å². The molecule has 0 bridgehead atoms. The Labute approximate surface area is 214 Å². The van der Waals surface area contributed by atoms with Crippen molar-refractivity contribution in [3.63, 3.8) is 0 Å². The molecular formula is C27H52N2O5S. The monoisotopic (exact) mass is 516 g/mol. The van der Waals surface area contributed by atoms with Crippen molar-refractivity contribution in [3.8, 4) is 0 Å². The van der Waals surface area contributed by atoms with Gasteiger partial charge in [0.2, 0.25) is 11.8 Å². The highest BCUT2D eigenvalue weighted by molar-refractivity contribution is 7.85. The van der Waals surface area contributed by atoms with Crippen LogP contribution in [0.2, 0.25) is 0 Å². The first-order chi connectivity index (χ1) is 15.3. The van der Waals surface area contributed by atoms with Gasteiger partial charge in [-0.05, 0) is 54.8 Å². The molecule has 1 saturated heterocycles. The predicted octanol–water partition coefficient (Wildman–Crippen LogP) is 5.30. The minimum Gasteiger partial charge on any atom is -0.350 e. The van der Waals surface area contributed by atoms with E-state index in [-0.39, 0.29) is 45.4 Å². The van der Waals surface area contributed by atoms with Crippen molar-refractivity contribution in [2.75, 3.05) is 12.3 Å². The van der Waals surface area contributed by atoms with E-state index in [9.17, 15) is 22.6 Å². The molecule has 0 aromatic carbocycles. The Morgan fingerprint density at radius 1 is 0.914 bits per heavy atom. The molecule has 1 heterocycles. The molecule has 2 atom stereocenters. The first-order valence-corrected chi connectivity index (χ1v) is 14.5. The molecule has 206 valence electrons. The standard InChI is InChI=1S/C27H52N2O5S/c1-23(2,3)19(22(31)28-27(11,12)18-35(32,33)34)16-25(7,8)26(9,10)17-20(24(4,5)6)29-15-13-14-21(29)30/h19-20H,13-18H2,1-12H3,(H,28,31)(H,32,33,34). The van der Waals surface area contributed by atoms with E-state index in [4.69, 9.17) is 0 Å². The lowest BCUT2D eigenvalue weighted by molar-refractivity contribution is -0.134. The predicted molar refractivity (Wildman–Crippen MR) is 143 cm³/mol. The van der Waals surface area contributed by atoms with Crippen molar-refractivity contribution in [2.24, 2.45) is 27.6 Å². The second-order valence-electron chi connectivity index (χ2n) is 14.8. The van der Waals surface area contributed by atoms with E-state index >= 15 is 0 Å². The molecule has 0 aliphatic carbocycles. The Kier molecular flexibility index (Phi) is 9.39. The van der Waals surface area contributed by atoms with Crippen LogP contribution in [0.15, 0.2) is 0 Å². The lowest BCUT2D eigenvalue weighted by atomic mass is 9.57. The van der Waals surface area contributed by atoms with E-state index in [1.54, 1.807) is 13.8 Å². The fourth-order valence-corrected chi connectivity index (χ4v) is 6.12. The number of hydrogen-bond acceptors (Lipinski definition) is 4. The van der Waals surface area contributed by atoms with Crippen LogP contribution >= 0.6 is 0 Å². The Balaban J connectivity index is 3.22. The first-order valence-electron chi connectivity index (χ1n) is 12.9. The zero-order valence-electron chi connectivity index (χ0n) is 24.3. The van der Waals surface area contributed by atoms with Crippen LogP contribution < -0.4 is 5.32 Å². The van der Waals surface area contributed by atoms with E-state index in [1.807, 2.05) is 20.8 Å². The van der Waals surface area contributed by atoms with Gasteiger partial charge in [-0.1, -0.05) is 69.2 Å². The zero-order chi connectivity index (χ0) is 27.8. The molecule has 2 N–H and O–H groups in total. The molecule has 8 heteroatoms. The maximum atomic E-state index is 13.5. The topological polar surface area (TPSA) is 104 Å². The molecule has 0 spiro atoms. The maximum absolute atomic E-state index is 13.5. The summed E-state index contributed by atoms with van der Waals surface area (Å²) in [5.74, 6) is -0.906. The fraction of sp³-hybridized carbons (Fsp3) is 0.926. The Morgan fingerprint density at radius 2 is 1.40 bits per heavy atom. The number of nitrogens with one attached hydrogen (secondary N) is 1. The lowest BCUT2D eigenvalue weighted by Crippen LogP contribution is -2.54. The van der Waals surface area contributed by atoms with Gasteiger partial charge in [-0.3, -0.25) is 14.1 Å². The van der Waals surface area contributed by atoms with Crippen LogP contribution in [0.4, 0.5) is 0 Å². The molecule has 0 saturated carbocycles. The van der Waals surface area contributed by atoms with Crippen molar-refractivity contribution in [1.29, 1.82) is 0 Å². The highest BCUT2D eigenvalue weighted by atomic mass is 32.2. The molecule has 35 heavy (non-hydrogen) atoms. The Morgan fingerprint density at radius 3 is 1.77 bits per heavy atom. The summed E-state index contributed by atoms with van der Waals surface area (Å²) in [6.07, 6.45) is 2.94. The van der Waals surface area contributed by atoms with E-state index in [0.29, 0.717) is 12.8 Å². The SMILES string of the molecule is CC(C)(CS(=O)(=O)O)NC(=O)C(CC(C)(C)C(C)(C)CC(N1CCCC1=O)C(C)(C)C)C(C)(C)C. The van der Waals surface area contributed by atoms with Crippen molar-refractivity contribution in [1.82, 2.24) is 10.2 Å². The second-order valence-corrected chi connectivity index (χ2v) is 16.2. The van der Waals surface area contributed by atoms with Crippen LogP contribution in [0.5, 0.6) is 0 Å². The Bertz CT molecular complexity index is 876. The molecule has 0 aromatic heterocycles. The summed E-state index contributed by atoms with van der Waals surface area (Å²) in [6.45, 7) is 25.5. The third-order valence-corrected chi connectivity index (χ3v) is 9.19. The van der Waals surface area contributed by atoms with Gasteiger partial charge in [-0.15, -0.1) is 0 Å². The van der Waals surface area contributed by atoms with Gasteiger partial charge >= 0.3 is 0 Å². The number of likely N-dealkylation sites (tertiary alicyclic amines) is 1. The quantitative estimate of drug-likeness (QED) is 0.383. The summed E-state index contributed by atoms with van der Waals surface area (Å²) < 4.78 is 32.2. The van der Waals surface area contributed by atoms with Gasteiger partial charge in [0.05, 0.1) is 11.3 Å². The van der Waals surface area contributed by atoms with Crippen molar-refractivity contribution >= 4 is 21.9 Å². The van der Waals surface area contributed by atoms with Gasteiger partial charge in [0.1, 0.15) is 0 Å². The van der Waals surface area contributed by atoms with Gasteiger partial charge in [0.25, 0.3) is 10.1 Å². The average molecular weight is 517 g/mol. The molecular weight excluding hydrogens is 464 g/mol. The third-order valence-electron chi connectivity index (χ3n) is 8.10. The summed E-state index contributed by atoms with van der Waals surface area (Å²) in [7, 11) is -4.23. The largest absolute Gasteiger partial charge is 0.350 e. The molecule has 1 rings (SSSR count). The van der Waals surface area contributed by atoms with Crippen molar-refractivity contribution < 1.29 is 22.6 Å². The summed E-state index contributed by atoms with van der Waals surface area (Å²) in [4.78, 5) is 28.2. The number of hydrogen-bond donors (Lipinski definition) is 2. The minimum absolute atomic E-state index is 0.0754. The number of nitrogens with zero attached hydrogens (tertiary/aromatic N) is 1. The van der Waals surface area contributed by atoms with Crippen LogP contribution in [-0.4, -0.2) is 53.6 Å². The number of amides is 2. The van der Waals surface area contributed by atoms with E-state index in [0.717, 1.165) is 19.4 Å². The highest BCUT2D eigenvalue weighted by Crippen LogP contribution is 2.51. The van der Waals surface area contributed by atoms with Gasteiger partial charge < -0.3 is 10.2 Å². The van der Waals surface area contributed by atoms with Gasteiger partial charge in [-0.25, -0.2) is 0 Å². The fourth-order valence-electron chi connectivity index (χ4n) is 5.13. The summed E-state index contributed by atoms with van der Waals surface area (Å²) in [6, 6.07) is 0.0994. The van der Waals surface area contributed by atoms with Gasteiger partial charge in [0, 0.05) is 24.9 Å². The second kappa shape index (κ2) is 10.3. The number of carbonyl (C=O) groups is 2. The number of rotatable bonds is 10. The lowest BCUT2D eigenvalue weighted by Gasteiger charge is -2.50. The van der Waals surface area contributed by atoms with Crippen molar-refractivity contribution in [3.05, 3.63) is 0 Å². The maximum Gasteiger partial charge on any atom is 0.267 e. The van der Waals surface area contributed by atoms with Crippen LogP contribution in [-0.2, 0) is 19.7 Å². The molecule has 7 nitrogen and oxygen atoms in total. The average Bonchev–Trinajstić information content (AvgIpc) is 2.98. The molecule has 1 aliphatic heterocycles. The molecule has 2 unspecified atom stereocenters. The molecule has 1 aliphatic rings. The van der Waals surface area contributed by atoms with Crippen LogP contribution in [0.25, 0.3) is 0 Å². The Hall–Kier alpha value is -1.15. The molecule has 1 fully saturated rings. The summed E-state index contributed by atoms with van der Waals surface area (Å²) in [5.41, 5.74) is -1.99. The summed E-state index contributed by atoms with van der Waals surface area (Å²) in [5, 5.41) is 2.88. The van der Waals surface area contributed by atoms with E-state index < -0.39 is 21.4 Å². The smallest absolute Gasteiger partial charge is 0.267 e. The number of carbonyl (C=O) groups excluding carboxylic acids is 2.